The van der Waals surface area contributed by atoms with Crippen molar-refractivity contribution in [3.8, 4) is 23.8 Å². The van der Waals surface area contributed by atoms with Gasteiger partial charge < -0.3 is 15.2 Å². The van der Waals surface area contributed by atoms with Crippen molar-refractivity contribution in [1.29, 1.82) is 0 Å². The zero-order valence-electron chi connectivity index (χ0n) is 9.66. The molecule has 0 heterocycles. The number of phenols is 1. The number of phenolic OH excluding ortho intramolecular Hbond substituents is 1. The number of nitrogens with one attached hydrogen (secondary N) is 1. The number of aromatic hydroxyl groups is 1. The molecule has 1 aromatic rings. The molecular weight excluding hydrogens is 202 g/mol. The summed E-state index contributed by atoms with van der Waals surface area (Å²) in [6.45, 7) is 2.71. The van der Waals surface area contributed by atoms with E-state index in [2.05, 4.69) is 11.2 Å². The van der Waals surface area contributed by atoms with Crippen molar-refractivity contribution in [3.05, 3.63) is 23.8 Å². The summed E-state index contributed by atoms with van der Waals surface area (Å²) in [6.07, 6.45) is 5.85. The molecular formula is C13H17NO2. The minimum absolute atomic E-state index is 0.0449. The highest BCUT2D eigenvalue weighted by Gasteiger charge is 2.10. The Balaban J connectivity index is 2.73. The quantitative estimate of drug-likeness (QED) is 0.588. The molecule has 0 aliphatic rings. The summed E-state index contributed by atoms with van der Waals surface area (Å²) < 4.78 is 5.11. The van der Waals surface area contributed by atoms with Crippen LogP contribution in [0, 0.1) is 12.3 Å². The average Bonchev–Trinajstić information content (AvgIpc) is 2.30. The van der Waals surface area contributed by atoms with Gasteiger partial charge in [0.15, 0.2) is 0 Å². The molecule has 0 bridgehead atoms. The fourth-order valence-corrected chi connectivity index (χ4v) is 1.48. The highest BCUT2D eigenvalue weighted by Crippen LogP contribution is 2.28. The van der Waals surface area contributed by atoms with Gasteiger partial charge in [-0.15, -0.1) is 12.3 Å². The Kier molecular flexibility index (Phi) is 4.68. The van der Waals surface area contributed by atoms with E-state index in [9.17, 15) is 5.11 Å². The SMILES string of the molecule is C#CCCNC(C)c1cc(OC)ccc1O. The van der Waals surface area contributed by atoms with Gasteiger partial charge >= 0.3 is 0 Å². The number of methoxy groups -OCH3 is 1. The molecule has 2 N–H and O–H groups in total. The van der Waals surface area contributed by atoms with Crippen LogP contribution in [0.25, 0.3) is 0 Å². The summed E-state index contributed by atoms with van der Waals surface area (Å²) in [5.74, 6) is 3.56. The molecule has 3 heteroatoms. The van der Waals surface area contributed by atoms with Crippen LogP contribution in [0.15, 0.2) is 18.2 Å². The standard InChI is InChI=1S/C13H17NO2/c1-4-5-8-14-10(2)12-9-11(16-3)6-7-13(12)15/h1,6-7,9-10,14-15H,5,8H2,2-3H3. The zero-order chi connectivity index (χ0) is 12.0. The van der Waals surface area contributed by atoms with E-state index in [1.807, 2.05) is 13.0 Å². The van der Waals surface area contributed by atoms with Gasteiger partial charge in [-0.3, -0.25) is 0 Å². The van der Waals surface area contributed by atoms with Crippen LogP contribution < -0.4 is 10.1 Å². The van der Waals surface area contributed by atoms with Crippen LogP contribution in [0.3, 0.4) is 0 Å². The Bertz CT molecular complexity index is 382. The Morgan fingerprint density at radius 3 is 2.94 bits per heavy atom. The lowest BCUT2D eigenvalue weighted by molar-refractivity contribution is 0.408. The second kappa shape index (κ2) is 6.04. The van der Waals surface area contributed by atoms with Crippen LogP contribution >= 0.6 is 0 Å². The van der Waals surface area contributed by atoms with E-state index >= 15 is 0 Å². The Hall–Kier alpha value is -1.66. The molecule has 0 amide bonds. The molecule has 0 saturated carbocycles. The second-order valence-electron chi connectivity index (χ2n) is 3.55. The van der Waals surface area contributed by atoms with E-state index in [4.69, 9.17) is 11.2 Å². The van der Waals surface area contributed by atoms with E-state index in [1.165, 1.54) is 0 Å². The van der Waals surface area contributed by atoms with Gasteiger partial charge in [0, 0.05) is 24.6 Å². The third-order valence-electron chi connectivity index (χ3n) is 2.42. The predicted octanol–water partition coefficient (Wildman–Crippen LogP) is 2.07. The number of ether oxygens (including phenoxy) is 1. The number of rotatable bonds is 5. The first-order valence-electron chi connectivity index (χ1n) is 5.22. The van der Waals surface area contributed by atoms with Gasteiger partial charge in [-0.05, 0) is 25.1 Å². The fourth-order valence-electron chi connectivity index (χ4n) is 1.48. The summed E-state index contributed by atoms with van der Waals surface area (Å²) in [6, 6.07) is 5.23. The van der Waals surface area contributed by atoms with Gasteiger partial charge in [-0.1, -0.05) is 0 Å². The predicted molar refractivity (Wildman–Crippen MR) is 64.5 cm³/mol. The van der Waals surface area contributed by atoms with Gasteiger partial charge in [0.25, 0.3) is 0 Å². The number of benzene rings is 1. The van der Waals surface area contributed by atoms with Crippen LogP contribution in [-0.2, 0) is 0 Å². The van der Waals surface area contributed by atoms with Gasteiger partial charge in [0.2, 0.25) is 0 Å². The average molecular weight is 219 g/mol. The Labute approximate surface area is 96.4 Å². The molecule has 86 valence electrons. The van der Waals surface area contributed by atoms with Crippen LogP contribution in [-0.4, -0.2) is 18.8 Å². The maximum absolute atomic E-state index is 9.72. The van der Waals surface area contributed by atoms with Crippen molar-refractivity contribution >= 4 is 0 Å². The molecule has 1 atom stereocenters. The summed E-state index contributed by atoms with van der Waals surface area (Å²) in [4.78, 5) is 0. The third kappa shape index (κ3) is 3.18. The molecule has 1 unspecified atom stereocenters. The normalized spacial score (nSPS) is 11.8. The molecule has 0 aromatic heterocycles. The number of terminal acetylenes is 1. The largest absolute Gasteiger partial charge is 0.508 e. The van der Waals surface area contributed by atoms with Crippen molar-refractivity contribution in [2.75, 3.05) is 13.7 Å². The first-order valence-corrected chi connectivity index (χ1v) is 5.22. The monoisotopic (exact) mass is 219 g/mol. The van der Waals surface area contributed by atoms with Crippen molar-refractivity contribution in [2.45, 2.75) is 19.4 Å². The lowest BCUT2D eigenvalue weighted by Gasteiger charge is -2.15. The van der Waals surface area contributed by atoms with Gasteiger partial charge in [-0.25, -0.2) is 0 Å². The molecule has 0 aliphatic heterocycles. The van der Waals surface area contributed by atoms with Crippen LogP contribution in [0.2, 0.25) is 0 Å². The van der Waals surface area contributed by atoms with Crippen molar-refractivity contribution in [2.24, 2.45) is 0 Å². The minimum Gasteiger partial charge on any atom is -0.508 e. The molecule has 0 radical (unpaired) electrons. The number of hydrogen-bond donors (Lipinski definition) is 2. The first kappa shape index (κ1) is 12.4. The van der Waals surface area contributed by atoms with Crippen LogP contribution in [0.1, 0.15) is 24.9 Å². The van der Waals surface area contributed by atoms with Gasteiger partial charge in [-0.2, -0.15) is 0 Å². The minimum atomic E-state index is 0.0449. The number of hydrogen-bond acceptors (Lipinski definition) is 3. The maximum Gasteiger partial charge on any atom is 0.120 e. The maximum atomic E-state index is 9.72. The summed E-state index contributed by atoms with van der Waals surface area (Å²) in [5.41, 5.74) is 0.816. The topological polar surface area (TPSA) is 41.5 Å². The van der Waals surface area contributed by atoms with Crippen molar-refractivity contribution in [1.82, 2.24) is 5.32 Å². The molecule has 0 fully saturated rings. The first-order chi connectivity index (χ1) is 7.69. The zero-order valence-corrected chi connectivity index (χ0v) is 9.66. The molecule has 3 nitrogen and oxygen atoms in total. The van der Waals surface area contributed by atoms with E-state index in [-0.39, 0.29) is 11.8 Å². The van der Waals surface area contributed by atoms with Crippen LogP contribution in [0.5, 0.6) is 11.5 Å². The molecule has 16 heavy (non-hydrogen) atoms. The van der Waals surface area contributed by atoms with Crippen molar-refractivity contribution < 1.29 is 9.84 Å². The van der Waals surface area contributed by atoms with E-state index in [1.54, 1.807) is 19.2 Å². The molecule has 0 saturated heterocycles. The third-order valence-corrected chi connectivity index (χ3v) is 2.42. The second-order valence-corrected chi connectivity index (χ2v) is 3.55. The summed E-state index contributed by atoms with van der Waals surface area (Å²) in [5, 5.41) is 13.0. The summed E-state index contributed by atoms with van der Waals surface area (Å²) in [7, 11) is 1.60. The van der Waals surface area contributed by atoms with Gasteiger partial charge in [0.1, 0.15) is 11.5 Å². The van der Waals surface area contributed by atoms with E-state index in [0.29, 0.717) is 6.42 Å². The molecule has 1 rings (SSSR count). The lowest BCUT2D eigenvalue weighted by atomic mass is 10.1. The highest BCUT2D eigenvalue weighted by atomic mass is 16.5. The van der Waals surface area contributed by atoms with Crippen molar-refractivity contribution in [3.63, 3.8) is 0 Å². The smallest absolute Gasteiger partial charge is 0.120 e. The lowest BCUT2D eigenvalue weighted by Crippen LogP contribution is -2.19. The molecule has 0 spiro atoms. The highest BCUT2D eigenvalue weighted by molar-refractivity contribution is 5.41. The Morgan fingerprint density at radius 2 is 2.31 bits per heavy atom. The van der Waals surface area contributed by atoms with E-state index in [0.717, 1.165) is 17.9 Å². The van der Waals surface area contributed by atoms with Crippen LogP contribution in [0.4, 0.5) is 0 Å². The summed E-state index contributed by atoms with van der Waals surface area (Å²) >= 11 is 0. The fraction of sp³-hybridized carbons (Fsp3) is 0.385. The van der Waals surface area contributed by atoms with Gasteiger partial charge in [0.05, 0.1) is 7.11 Å². The molecule has 0 aliphatic carbocycles. The Morgan fingerprint density at radius 1 is 1.56 bits per heavy atom. The molecule has 1 aromatic carbocycles. The van der Waals surface area contributed by atoms with E-state index < -0.39 is 0 Å².